The average Bonchev–Trinajstić information content (AvgIpc) is 2.64. The summed E-state index contributed by atoms with van der Waals surface area (Å²) in [6.07, 6.45) is 3.85. The second-order valence-electron chi connectivity index (χ2n) is 5.63. The Hall–Kier alpha value is -1.63. The summed E-state index contributed by atoms with van der Waals surface area (Å²) in [4.78, 5) is 37.8. The predicted molar refractivity (Wildman–Crippen MR) is 72.5 cm³/mol. The number of carbonyl (C=O) groups excluding carboxylic acids is 3. The standard InChI is InChI=1S/C13H22N4O3/c1-3-13(2)11(19)17(12(20)14-13)15-10(18)9-16-7-5-4-6-8-16/h3-9H2,1-2H3,(H,14,20)(H,15,18)/t13-/m0/s1. The van der Waals surface area contributed by atoms with Gasteiger partial charge < -0.3 is 5.32 Å². The SMILES string of the molecule is CC[C@]1(C)NC(=O)N(NC(=O)CN2CCCCC2)C1=O. The van der Waals surface area contributed by atoms with E-state index in [2.05, 4.69) is 10.7 Å². The van der Waals surface area contributed by atoms with Crippen LogP contribution in [0.15, 0.2) is 0 Å². The molecule has 2 aliphatic heterocycles. The average molecular weight is 282 g/mol. The highest BCUT2D eigenvalue weighted by molar-refractivity contribution is 6.07. The number of carbonyl (C=O) groups is 3. The number of amides is 4. The molecule has 2 rings (SSSR count). The van der Waals surface area contributed by atoms with E-state index in [-0.39, 0.29) is 12.5 Å². The zero-order chi connectivity index (χ0) is 14.8. The molecule has 0 aromatic heterocycles. The number of hydrogen-bond donors (Lipinski definition) is 2. The number of piperidine rings is 1. The largest absolute Gasteiger partial charge is 0.344 e. The van der Waals surface area contributed by atoms with Crippen molar-refractivity contribution in [1.29, 1.82) is 0 Å². The van der Waals surface area contributed by atoms with Crippen molar-refractivity contribution >= 4 is 17.8 Å². The van der Waals surface area contributed by atoms with Crippen LogP contribution in [0.3, 0.4) is 0 Å². The molecule has 2 fully saturated rings. The zero-order valence-electron chi connectivity index (χ0n) is 12.1. The summed E-state index contributed by atoms with van der Waals surface area (Å²) in [7, 11) is 0. The van der Waals surface area contributed by atoms with E-state index < -0.39 is 17.5 Å². The molecule has 7 nitrogen and oxygen atoms in total. The molecule has 1 atom stereocenters. The first-order chi connectivity index (χ1) is 9.46. The van der Waals surface area contributed by atoms with Crippen LogP contribution in [0.4, 0.5) is 4.79 Å². The quantitative estimate of drug-likeness (QED) is 0.723. The third-order valence-corrected chi connectivity index (χ3v) is 4.02. The van der Waals surface area contributed by atoms with Crippen LogP contribution in [0.25, 0.3) is 0 Å². The van der Waals surface area contributed by atoms with Crippen LogP contribution < -0.4 is 10.7 Å². The molecular formula is C13H22N4O3. The van der Waals surface area contributed by atoms with Gasteiger partial charge in [-0.05, 0) is 39.3 Å². The normalized spacial score (nSPS) is 27.6. The number of nitrogens with zero attached hydrogens (tertiary/aromatic N) is 2. The first-order valence-corrected chi connectivity index (χ1v) is 7.15. The lowest BCUT2D eigenvalue weighted by Gasteiger charge is -2.26. The lowest BCUT2D eigenvalue weighted by molar-refractivity contribution is -0.139. The Bertz CT molecular complexity index is 420. The van der Waals surface area contributed by atoms with Gasteiger partial charge in [0.1, 0.15) is 5.54 Å². The summed E-state index contributed by atoms with van der Waals surface area (Å²) in [5.74, 6) is -0.729. The molecule has 0 saturated carbocycles. The van der Waals surface area contributed by atoms with Gasteiger partial charge in [-0.15, -0.1) is 0 Å². The minimum Gasteiger partial charge on any atom is -0.322 e. The van der Waals surface area contributed by atoms with E-state index in [9.17, 15) is 14.4 Å². The van der Waals surface area contributed by atoms with Gasteiger partial charge in [-0.3, -0.25) is 19.9 Å². The van der Waals surface area contributed by atoms with Crippen molar-refractivity contribution in [3.63, 3.8) is 0 Å². The third-order valence-electron chi connectivity index (χ3n) is 4.02. The van der Waals surface area contributed by atoms with Crippen molar-refractivity contribution in [3.8, 4) is 0 Å². The molecule has 0 aromatic carbocycles. The fourth-order valence-corrected chi connectivity index (χ4v) is 2.51. The molecule has 4 amide bonds. The number of hydrogen-bond acceptors (Lipinski definition) is 4. The Kier molecular flexibility index (Phi) is 4.27. The zero-order valence-corrected chi connectivity index (χ0v) is 12.1. The van der Waals surface area contributed by atoms with Crippen molar-refractivity contribution < 1.29 is 14.4 Å². The second-order valence-corrected chi connectivity index (χ2v) is 5.63. The van der Waals surface area contributed by atoms with Gasteiger partial charge in [0.25, 0.3) is 11.8 Å². The molecule has 0 radical (unpaired) electrons. The maximum atomic E-state index is 12.1. The number of imide groups is 1. The molecule has 2 N–H and O–H groups in total. The van der Waals surface area contributed by atoms with Crippen LogP contribution in [-0.2, 0) is 9.59 Å². The Labute approximate surface area is 118 Å². The smallest absolute Gasteiger partial charge is 0.322 e. The van der Waals surface area contributed by atoms with E-state index >= 15 is 0 Å². The molecule has 2 heterocycles. The van der Waals surface area contributed by atoms with Crippen molar-refractivity contribution in [2.75, 3.05) is 19.6 Å². The van der Waals surface area contributed by atoms with Gasteiger partial charge in [-0.2, -0.15) is 5.01 Å². The minimum atomic E-state index is -0.921. The number of rotatable bonds is 4. The van der Waals surface area contributed by atoms with E-state index in [0.29, 0.717) is 6.42 Å². The van der Waals surface area contributed by atoms with Crippen LogP contribution in [0, 0.1) is 0 Å². The first kappa shape index (κ1) is 14.8. The number of urea groups is 1. The van der Waals surface area contributed by atoms with Crippen molar-refractivity contribution in [2.45, 2.75) is 45.1 Å². The highest BCUT2D eigenvalue weighted by atomic mass is 16.2. The number of nitrogens with one attached hydrogen (secondary N) is 2. The van der Waals surface area contributed by atoms with Crippen LogP contribution in [-0.4, -0.2) is 52.9 Å². The van der Waals surface area contributed by atoms with E-state index in [0.717, 1.165) is 30.9 Å². The van der Waals surface area contributed by atoms with E-state index in [4.69, 9.17) is 0 Å². The van der Waals surface area contributed by atoms with E-state index in [1.807, 2.05) is 11.8 Å². The summed E-state index contributed by atoms with van der Waals surface area (Å²) < 4.78 is 0. The van der Waals surface area contributed by atoms with Gasteiger partial charge in [0.2, 0.25) is 0 Å². The Morgan fingerprint density at radius 2 is 1.95 bits per heavy atom. The van der Waals surface area contributed by atoms with Gasteiger partial charge in [0, 0.05) is 0 Å². The molecular weight excluding hydrogens is 260 g/mol. The lowest BCUT2D eigenvalue weighted by Crippen LogP contribution is -2.51. The van der Waals surface area contributed by atoms with Crippen LogP contribution in [0.2, 0.25) is 0 Å². The van der Waals surface area contributed by atoms with E-state index in [1.165, 1.54) is 6.42 Å². The van der Waals surface area contributed by atoms with Gasteiger partial charge in [0.15, 0.2) is 0 Å². The molecule has 2 saturated heterocycles. The fraction of sp³-hybridized carbons (Fsp3) is 0.769. The summed E-state index contributed by atoms with van der Waals surface area (Å²) >= 11 is 0. The minimum absolute atomic E-state index is 0.222. The summed E-state index contributed by atoms with van der Waals surface area (Å²) in [5.41, 5.74) is 1.49. The first-order valence-electron chi connectivity index (χ1n) is 7.15. The molecule has 2 aliphatic rings. The summed E-state index contributed by atoms with van der Waals surface area (Å²) in [6.45, 7) is 5.47. The van der Waals surface area contributed by atoms with Gasteiger partial charge in [-0.25, -0.2) is 4.79 Å². The predicted octanol–water partition coefficient (Wildman–Crippen LogP) is 0.224. The van der Waals surface area contributed by atoms with Crippen molar-refractivity contribution in [3.05, 3.63) is 0 Å². The molecule has 0 bridgehead atoms. The maximum absolute atomic E-state index is 12.1. The Morgan fingerprint density at radius 3 is 2.50 bits per heavy atom. The van der Waals surface area contributed by atoms with Gasteiger partial charge >= 0.3 is 6.03 Å². The number of likely N-dealkylation sites (tertiary alicyclic amines) is 1. The Balaban J connectivity index is 1.90. The Morgan fingerprint density at radius 1 is 1.30 bits per heavy atom. The van der Waals surface area contributed by atoms with Crippen LogP contribution >= 0.6 is 0 Å². The van der Waals surface area contributed by atoms with Gasteiger partial charge in [-0.1, -0.05) is 13.3 Å². The second kappa shape index (κ2) is 5.78. The van der Waals surface area contributed by atoms with Crippen molar-refractivity contribution in [1.82, 2.24) is 20.7 Å². The van der Waals surface area contributed by atoms with Crippen LogP contribution in [0.1, 0.15) is 39.5 Å². The van der Waals surface area contributed by atoms with Crippen LogP contribution in [0.5, 0.6) is 0 Å². The fourth-order valence-electron chi connectivity index (χ4n) is 2.51. The molecule has 0 aromatic rings. The molecule has 112 valence electrons. The molecule has 7 heteroatoms. The topological polar surface area (TPSA) is 81.8 Å². The molecule has 0 unspecified atom stereocenters. The maximum Gasteiger partial charge on any atom is 0.344 e. The van der Waals surface area contributed by atoms with Crippen molar-refractivity contribution in [2.24, 2.45) is 0 Å². The highest BCUT2D eigenvalue weighted by Crippen LogP contribution is 2.19. The number of hydrazine groups is 1. The summed E-state index contributed by atoms with van der Waals surface area (Å²) in [6, 6.07) is -0.564. The molecule has 0 aliphatic carbocycles. The highest BCUT2D eigenvalue weighted by Gasteiger charge is 2.47. The third kappa shape index (κ3) is 2.92. The lowest BCUT2D eigenvalue weighted by atomic mass is 10.00. The molecule has 0 spiro atoms. The van der Waals surface area contributed by atoms with E-state index in [1.54, 1.807) is 6.92 Å². The monoisotopic (exact) mass is 282 g/mol. The van der Waals surface area contributed by atoms with Gasteiger partial charge in [0.05, 0.1) is 6.54 Å². The summed E-state index contributed by atoms with van der Waals surface area (Å²) in [5, 5.41) is 3.40. The molecule has 20 heavy (non-hydrogen) atoms.